The molecule has 2 atom stereocenters. The average molecular weight is 327 g/mol. The molecule has 0 aromatic heterocycles. The molecule has 0 radical (unpaired) electrons. The van der Waals surface area contributed by atoms with Crippen molar-refractivity contribution in [3.63, 3.8) is 0 Å². The maximum Gasteiger partial charge on any atom is 0.321 e. The van der Waals surface area contributed by atoms with Crippen molar-refractivity contribution in [2.75, 3.05) is 25.0 Å². The third-order valence-corrected chi connectivity index (χ3v) is 4.78. The Balaban J connectivity index is 2.04. The lowest BCUT2D eigenvalue weighted by Gasteiger charge is -2.18. The van der Waals surface area contributed by atoms with Gasteiger partial charge in [0, 0.05) is 30.1 Å². The summed E-state index contributed by atoms with van der Waals surface area (Å²) in [7, 11) is 0. The molecule has 4 nitrogen and oxygen atoms in total. The van der Waals surface area contributed by atoms with Crippen LogP contribution in [0.15, 0.2) is 22.7 Å². The Bertz CT molecular complexity index is 479. The van der Waals surface area contributed by atoms with Crippen molar-refractivity contribution < 1.29 is 9.90 Å². The van der Waals surface area contributed by atoms with Gasteiger partial charge in [-0.25, -0.2) is 4.79 Å². The number of rotatable bonds is 2. The summed E-state index contributed by atoms with van der Waals surface area (Å²) in [5.74, 6) is 0.531. The minimum Gasteiger partial charge on any atom is -0.396 e. The van der Waals surface area contributed by atoms with E-state index in [2.05, 4.69) is 28.2 Å². The molecule has 1 aromatic carbocycles. The third-order valence-electron chi connectivity index (χ3n) is 3.72. The van der Waals surface area contributed by atoms with Gasteiger partial charge in [0.25, 0.3) is 0 Å². The van der Waals surface area contributed by atoms with Crippen LogP contribution in [0.3, 0.4) is 0 Å². The predicted octanol–water partition coefficient (Wildman–Crippen LogP) is 2.85. The molecule has 0 bridgehead atoms. The highest BCUT2D eigenvalue weighted by Gasteiger charge is 2.31. The van der Waals surface area contributed by atoms with E-state index in [1.165, 1.54) is 0 Å². The third kappa shape index (κ3) is 3.09. The number of nitrogens with one attached hydrogen (secondary N) is 1. The molecule has 0 saturated carbocycles. The first-order chi connectivity index (χ1) is 9.02. The van der Waals surface area contributed by atoms with E-state index in [0.717, 1.165) is 15.7 Å². The van der Waals surface area contributed by atoms with Gasteiger partial charge in [-0.1, -0.05) is 19.1 Å². The molecule has 2 amide bonds. The number of carbonyl (C=O) groups is 1. The van der Waals surface area contributed by atoms with E-state index in [9.17, 15) is 9.90 Å². The first kappa shape index (κ1) is 14.3. The van der Waals surface area contributed by atoms with Gasteiger partial charge >= 0.3 is 6.03 Å². The maximum absolute atomic E-state index is 12.2. The number of benzene rings is 1. The van der Waals surface area contributed by atoms with Crippen LogP contribution in [0.2, 0.25) is 0 Å². The molecule has 2 N–H and O–H groups in total. The second-order valence-corrected chi connectivity index (χ2v) is 5.98. The molecule has 1 aliphatic rings. The first-order valence-corrected chi connectivity index (χ1v) is 7.24. The van der Waals surface area contributed by atoms with Crippen LogP contribution in [-0.2, 0) is 0 Å². The van der Waals surface area contributed by atoms with Gasteiger partial charge in [-0.05, 0) is 40.4 Å². The number of likely N-dealkylation sites (tertiary alicyclic amines) is 1. The lowest BCUT2D eigenvalue weighted by molar-refractivity contribution is 0.202. The SMILES string of the molecule is Cc1cccc(NC(=O)N2C[C@@H](CO)[C@H](C)C2)c1Br. The van der Waals surface area contributed by atoms with Crippen LogP contribution in [0.25, 0.3) is 0 Å². The summed E-state index contributed by atoms with van der Waals surface area (Å²) < 4.78 is 0.911. The Morgan fingerprint density at radius 3 is 2.89 bits per heavy atom. The zero-order valence-electron chi connectivity index (χ0n) is 11.2. The fourth-order valence-electron chi connectivity index (χ4n) is 2.38. The number of anilines is 1. The van der Waals surface area contributed by atoms with Crippen molar-refractivity contribution in [3.8, 4) is 0 Å². The van der Waals surface area contributed by atoms with E-state index >= 15 is 0 Å². The summed E-state index contributed by atoms with van der Waals surface area (Å²) in [5, 5.41) is 12.2. The van der Waals surface area contributed by atoms with Gasteiger partial charge in [-0.3, -0.25) is 0 Å². The molecule has 1 saturated heterocycles. The van der Waals surface area contributed by atoms with Gasteiger partial charge in [0.2, 0.25) is 0 Å². The minimum atomic E-state index is -0.103. The fraction of sp³-hybridized carbons (Fsp3) is 0.500. The smallest absolute Gasteiger partial charge is 0.321 e. The van der Waals surface area contributed by atoms with Crippen molar-refractivity contribution in [3.05, 3.63) is 28.2 Å². The van der Waals surface area contributed by atoms with Crippen molar-refractivity contribution in [2.24, 2.45) is 11.8 Å². The lowest BCUT2D eigenvalue weighted by atomic mass is 10.00. The Kier molecular flexibility index (Phi) is 4.47. The first-order valence-electron chi connectivity index (χ1n) is 6.44. The molecular weight excluding hydrogens is 308 g/mol. The molecule has 1 aliphatic heterocycles. The van der Waals surface area contributed by atoms with Gasteiger partial charge in [0.1, 0.15) is 0 Å². The van der Waals surface area contributed by atoms with Crippen LogP contribution in [0, 0.1) is 18.8 Å². The monoisotopic (exact) mass is 326 g/mol. The largest absolute Gasteiger partial charge is 0.396 e. The second-order valence-electron chi connectivity index (χ2n) is 5.19. The minimum absolute atomic E-state index is 0.103. The summed E-state index contributed by atoms with van der Waals surface area (Å²) in [6.45, 7) is 5.50. The number of aliphatic hydroxyl groups excluding tert-OH is 1. The van der Waals surface area contributed by atoms with E-state index < -0.39 is 0 Å². The molecule has 0 unspecified atom stereocenters. The van der Waals surface area contributed by atoms with Crippen molar-refractivity contribution in [2.45, 2.75) is 13.8 Å². The van der Waals surface area contributed by atoms with Gasteiger partial charge in [0.15, 0.2) is 0 Å². The summed E-state index contributed by atoms with van der Waals surface area (Å²) in [4.78, 5) is 14.0. The van der Waals surface area contributed by atoms with E-state index in [1.54, 1.807) is 4.90 Å². The van der Waals surface area contributed by atoms with Crippen LogP contribution in [0.5, 0.6) is 0 Å². The van der Waals surface area contributed by atoms with Crippen LogP contribution in [-0.4, -0.2) is 35.7 Å². The van der Waals surface area contributed by atoms with Crippen molar-refractivity contribution in [1.82, 2.24) is 4.90 Å². The summed E-state index contributed by atoms with van der Waals surface area (Å²) in [6, 6.07) is 5.67. The number of aliphatic hydroxyl groups is 1. The topological polar surface area (TPSA) is 52.6 Å². The Morgan fingerprint density at radius 2 is 2.26 bits per heavy atom. The standard InChI is InChI=1S/C14H19BrN2O2/c1-9-4-3-5-12(13(9)15)16-14(19)17-6-10(2)11(7-17)8-18/h3-5,10-11,18H,6-8H2,1-2H3,(H,16,19)/t10-,11+/m1/s1. The Hall–Kier alpha value is -1.07. The van der Waals surface area contributed by atoms with Gasteiger partial charge in [-0.15, -0.1) is 0 Å². The highest BCUT2D eigenvalue weighted by molar-refractivity contribution is 9.10. The number of hydrogen-bond acceptors (Lipinski definition) is 2. The molecule has 1 aromatic rings. The zero-order chi connectivity index (χ0) is 14.0. The number of hydrogen-bond donors (Lipinski definition) is 2. The van der Waals surface area contributed by atoms with Gasteiger partial charge < -0.3 is 15.3 Å². The molecule has 0 spiro atoms. The van der Waals surface area contributed by atoms with Crippen LogP contribution >= 0.6 is 15.9 Å². The normalized spacial score (nSPS) is 22.6. The number of amides is 2. The summed E-state index contributed by atoms with van der Waals surface area (Å²) in [6.07, 6.45) is 0. The number of nitrogens with zero attached hydrogens (tertiary/aromatic N) is 1. The zero-order valence-corrected chi connectivity index (χ0v) is 12.8. The predicted molar refractivity (Wildman–Crippen MR) is 79.2 cm³/mol. The van der Waals surface area contributed by atoms with E-state index in [1.807, 2.05) is 25.1 Å². The van der Waals surface area contributed by atoms with Crippen LogP contribution in [0.1, 0.15) is 12.5 Å². The molecule has 104 valence electrons. The Morgan fingerprint density at radius 1 is 1.53 bits per heavy atom. The van der Waals surface area contributed by atoms with Gasteiger partial charge in [-0.2, -0.15) is 0 Å². The quantitative estimate of drug-likeness (QED) is 0.878. The Labute approximate surface area is 121 Å². The van der Waals surface area contributed by atoms with Crippen LogP contribution in [0.4, 0.5) is 10.5 Å². The molecule has 0 aliphatic carbocycles. The van der Waals surface area contributed by atoms with Crippen molar-refractivity contribution in [1.29, 1.82) is 0 Å². The number of carbonyl (C=O) groups excluding carboxylic acids is 1. The molecule has 1 fully saturated rings. The molecule has 5 heteroatoms. The van der Waals surface area contributed by atoms with E-state index in [-0.39, 0.29) is 18.6 Å². The summed E-state index contributed by atoms with van der Waals surface area (Å²) >= 11 is 3.48. The fourth-order valence-corrected chi connectivity index (χ4v) is 2.74. The molecule has 1 heterocycles. The summed E-state index contributed by atoms with van der Waals surface area (Å²) in [5.41, 5.74) is 1.87. The molecule has 2 rings (SSSR count). The lowest BCUT2D eigenvalue weighted by Crippen LogP contribution is -2.33. The number of aryl methyl sites for hydroxylation is 1. The molecule has 19 heavy (non-hydrogen) atoms. The van der Waals surface area contributed by atoms with E-state index in [0.29, 0.717) is 19.0 Å². The second kappa shape index (κ2) is 5.92. The average Bonchev–Trinajstić information content (AvgIpc) is 2.76. The number of halogens is 1. The highest BCUT2D eigenvalue weighted by Crippen LogP contribution is 2.27. The molecular formula is C14H19BrN2O2. The number of urea groups is 1. The van der Waals surface area contributed by atoms with Gasteiger partial charge in [0.05, 0.1) is 5.69 Å². The van der Waals surface area contributed by atoms with Crippen LogP contribution < -0.4 is 5.32 Å². The maximum atomic E-state index is 12.2. The van der Waals surface area contributed by atoms with Crippen molar-refractivity contribution >= 4 is 27.6 Å². The highest BCUT2D eigenvalue weighted by atomic mass is 79.9. The van der Waals surface area contributed by atoms with E-state index in [4.69, 9.17) is 0 Å².